The Morgan fingerprint density at radius 1 is 1.24 bits per heavy atom. The third-order valence-corrected chi connectivity index (χ3v) is 4.03. The van der Waals surface area contributed by atoms with Crippen LogP contribution >= 0.6 is 11.6 Å². The van der Waals surface area contributed by atoms with E-state index in [0.717, 1.165) is 22.6 Å². The van der Waals surface area contributed by atoms with Crippen LogP contribution in [0.3, 0.4) is 0 Å². The number of anilines is 1. The Morgan fingerprint density at radius 2 is 1.95 bits per heavy atom. The molecule has 1 aliphatic heterocycles. The second-order valence-electron chi connectivity index (χ2n) is 5.82. The fourth-order valence-electron chi connectivity index (χ4n) is 2.70. The smallest absolute Gasteiger partial charge is 0.156 e. The van der Waals surface area contributed by atoms with Gasteiger partial charge in [0.1, 0.15) is 0 Å². The summed E-state index contributed by atoms with van der Waals surface area (Å²) >= 11 is 6.36. The molecule has 3 rings (SSSR count). The van der Waals surface area contributed by atoms with Crippen LogP contribution in [0.1, 0.15) is 30.9 Å². The van der Waals surface area contributed by atoms with Gasteiger partial charge in [-0.25, -0.2) is 0 Å². The molecule has 0 radical (unpaired) electrons. The minimum absolute atomic E-state index is 0.161. The van der Waals surface area contributed by atoms with Gasteiger partial charge in [-0.15, -0.1) is 0 Å². The summed E-state index contributed by atoms with van der Waals surface area (Å²) < 4.78 is 0. The molecular formula is C15H18ClN5. The summed E-state index contributed by atoms with van der Waals surface area (Å²) in [6, 6.07) is 7.68. The van der Waals surface area contributed by atoms with E-state index in [1.807, 2.05) is 44.3 Å². The van der Waals surface area contributed by atoms with Gasteiger partial charge in [0, 0.05) is 22.5 Å². The van der Waals surface area contributed by atoms with Crippen molar-refractivity contribution >= 4 is 17.4 Å². The first-order chi connectivity index (χ1) is 9.89. The highest BCUT2D eigenvalue weighted by Gasteiger charge is 2.34. The number of aromatic nitrogens is 2. The SMILES string of the molecule is CC(C)(N)C1=C(N)C(c2ccccc2Cl)c2c[nH]nc2N1. The largest absolute Gasteiger partial charge is 0.400 e. The van der Waals surface area contributed by atoms with E-state index in [9.17, 15) is 0 Å². The standard InChI is InChI=1S/C15H18ClN5/c1-15(2,18)13-12(17)11(8-5-3-4-6-10(8)16)9-7-19-21-14(9)20-13/h3-7,11H,17-18H2,1-2H3,(H2,19,20,21). The van der Waals surface area contributed by atoms with Crippen LogP contribution in [0.15, 0.2) is 41.9 Å². The summed E-state index contributed by atoms with van der Waals surface area (Å²) in [5.41, 5.74) is 15.4. The van der Waals surface area contributed by atoms with Gasteiger partial charge in [0.05, 0.1) is 17.2 Å². The Hall–Kier alpha value is -1.98. The Balaban J connectivity index is 2.22. The number of nitrogens with two attached hydrogens (primary N) is 2. The van der Waals surface area contributed by atoms with Crippen LogP contribution in [0.5, 0.6) is 0 Å². The van der Waals surface area contributed by atoms with Crippen molar-refractivity contribution in [1.82, 2.24) is 10.2 Å². The molecule has 1 unspecified atom stereocenters. The lowest BCUT2D eigenvalue weighted by molar-refractivity contribution is 0.595. The van der Waals surface area contributed by atoms with Crippen LogP contribution in [-0.2, 0) is 0 Å². The van der Waals surface area contributed by atoms with E-state index in [-0.39, 0.29) is 5.92 Å². The molecule has 6 N–H and O–H groups in total. The quantitative estimate of drug-likeness (QED) is 0.686. The molecule has 6 heteroatoms. The minimum Gasteiger partial charge on any atom is -0.400 e. The van der Waals surface area contributed by atoms with Gasteiger partial charge in [0.15, 0.2) is 5.82 Å². The van der Waals surface area contributed by atoms with E-state index in [1.54, 1.807) is 0 Å². The molecular weight excluding hydrogens is 286 g/mol. The van der Waals surface area contributed by atoms with Gasteiger partial charge < -0.3 is 16.8 Å². The number of hydrogen-bond donors (Lipinski definition) is 4. The van der Waals surface area contributed by atoms with Gasteiger partial charge in [0.25, 0.3) is 0 Å². The first kappa shape index (κ1) is 14.0. The summed E-state index contributed by atoms with van der Waals surface area (Å²) in [6.07, 6.45) is 1.84. The van der Waals surface area contributed by atoms with Gasteiger partial charge >= 0.3 is 0 Å². The maximum atomic E-state index is 6.42. The summed E-state index contributed by atoms with van der Waals surface area (Å²) in [4.78, 5) is 0. The van der Waals surface area contributed by atoms with E-state index in [0.29, 0.717) is 10.7 Å². The van der Waals surface area contributed by atoms with Crippen LogP contribution in [-0.4, -0.2) is 15.7 Å². The van der Waals surface area contributed by atoms with E-state index in [1.165, 1.54) is 0 Å². The second-order valence-corrected chi connectivity index (χ2v) is 6.23. The zero-order chi connectivity index (χ0) is 15.2. The Bertz CT molecular complexity index is 711. The van der Waals surface area contributed by atoms with E-state index < -0.39 is 5.54 Å². The van der Waals surface area contributed by atoms with Crippen molar-refractivity contribution < 1.29 is 0 Å². The van der Waals surface area contributed by atoms with Gasteiger partial charge in [0.2, 0.25) is 0 Å². The Kier molecular flexibility index (Phi) is 3.19. The minimum atomic E-state index is -0.597. The normalized spacial score (nSPS) is 18.4. The molecule has 0 amide bonds. The number of benzene rings is 1. The molecule has 2 heterocycles. The molecule has 0 bridgehead atoms. The zero-order valence-corrected chi connectivity index (χ0v) is 12.7. The molecule has 110 valence electrons. The maximum absolute atomic E-state index is 6.42. The van der Waals surface area contributed by atoms with E-state index in [4.69, 9.17) is 23.1 Å². The molecule has 0 saturated heterocycles. The van der Waals surface area contributed by atoms with Gasteiger partial charge in [-0.2, -0.15) is 5.10 Å². The summed E-state index contributed by atoms with van der Waals surface area (Å²) in [6.45, 7) is 3.81. The van der Waals surface area contributed by atoms with Crippen molar-refractivity contribution in [2.45, 2.75) is 25.3 Å². The molecule has 1 aliphatic rings. The average Bonchev–Trinajstić information content (AvgIpc) is 2.86. The van der Waals surface area contributed by atoms with Crippen LogP contribution in [0, 0.1) is 0 Å². The number of H-pyrrole nitrogens is 1. The predicted octanol–water partition coefficient (Wildman–Crippen LogP) is 2.53. The van der Waals surface area contributed by atoms with Crippen LogP contribution in [0.2, 0.25) is 5.02 Å². The number of aromatic amines is 1. The zero-order valence-electron chi connectivity index (χ0n) is 11.9. The van der Waals surface area contributed by atoms with Gasteiger partial charge in [-0.3, -0.25) is 5.10 Å². The molecule has 5 nitrogen and oxygen atoms in total. The highest BCUT2D eigenvalue weighted by molar-refractivity contribution is 6.31. The highest BCUT2D eigenvalue weighted by Crippen LogP contribution is 2.42. The average molecular weight is 304 g/mol. The molecule has 1 aromatic carbocycles. The number of nitrogens with zero attached hydrogens (tertiary/aromatic N) is 1. The van der Waals surface area contributed by atoms with Crippen LogP contribution < -0.4 is 16.8 Å². The number of rotatable bonds is 2. The van der Waals surface area contributed by atoms with Crippen molar-refractivity contribution in [1.29, 1.82) is 0 Å². The van der Waals surface area contributed by atoms with Crippen molar-refractivity contribution in [3.63, 3.8) is 0 Å². The third kappa shape index (κ3) is 2.28. The molecule has 21 heavy (non-hydrogen) atoms. The van der Waals surface area contributed by atoms with Crippen molar-refractivity contribution in [2.24, 2.45) is 11.5 Å². The molecule has 0 aliphatic carbocycles. The Morgan fingerprint density at radius 3 is 2.62 bits per heavy atom. The van der Waals surface area contributed by atoms with Crippen LogP contribution in [0.25, 0.3) is 0 Å². The van der Waals surface area contributed by atoms with Gasteiger partial charge in [-0.1, -0.05) is 29.8 Å². The fraction of sp³-hybridized carbons (Fsp3) is 0.267. The molecule has 1 atom stereocenters. The van der Waals surface area contributed by atoms with Crippen LogP contribution in [0.4, 0.5) is 5.82 Å². The summed E-state index contributed by atoms with van der Waals surface area (Å²) in [5, 5.41) is 11.0. The fourth-order valence-corrected chi connectivity index (χ4v) is 2.94. The number of allylic oxidation sites excluding steroid dienone is 1. The monoisotopic (exact) mass is 303 g/mol. The topological polar surface area (TPSA) is 92.8 Å². The summed E-state index contributed by atoms with van der Waals surface area (Å²) in [7, 11) is 0. The summed E-state index contributed by atoms with van der Waals surface area (Å²) in [5.74, 6) is 0.578. The molecule has 1 aromatic heterocycles. The van der Waals surface area contributed by atoms with E-state index in [2.05, 4.69) is 15.5 Å². The molecule has 2 aromatic rings. The lowest BCUT2D eigenvalue weighted by Crippen LogP contribution is -2.42. The third-order valence-electron chi connectivity index (χ3n) is 3.68. The molecule has 0 saturated carbocycles. The molecule has 0 spiro atoms. The lowest BCUT2D eigenvalue weighted by atomic mass is 9.83. The first-order valence-corrected chi connectivity index (χ1v) is 7.11. The highest BCUT2D eigenvalue weighted by atomic mass is 35.5. The lowest BCUT2D eigenvalue weighted by Gasteiger charge is -2.33. The number of halogens is 1. The van der Waals surface area contributed by atoms with E-state index >= 15 is 0 Å². The number of hydrogen-bond acceptors (Lipinski definition) is 4. The number of fused-ring (bicyclic) bond motifs is 1. The van der Waals surface area contributed by atoms with Crippen molar-refractivity contribution in [3.8, 4) is 0 Å². The van der Waals surface area contributed by atoms with Gasteiger partial charge in [-0.05, 0) is 25.5 Å². The number of nitrogens with one attached hydrogen (secondary N) is 2. The second kappa shape index (κ2) is 4.79. The van der Waals surface area contributed by atoms with Crippen molar-refractivity contribution in [2.75, 3.05) is 5.32 Å². The molecule has 0 fully saturated rings. The van der Waals surface area contributed by atoms with Crippen molar-refractivity contribution in [3.05, 3.63) is 58.0 Å². The Labute approximate surface area is 128 Å². The first-order valence-electron chi connectivity index (χ1n) is 6.73. The maximum Gasteiger partial charge on any atom is 0.156 e. The predicted molar refractivity (Wildman–Crippen MR) is 85.0 cm³/mol.